The Balaban J connectivity index is 3.06. The molecule has 0 rings (SSSR count). The monoisotopic (exact) mass is 202 g/mol. The summed E-state index contributed by atoms with van der Waals surface area (Å²) in [6.45, 7) is 8.92. The first-order valence-corrected chi connectivity index (χ1v) is 6.00. The lowest BCUT2D eigenvalue weighted by molar-refractivity contribution is 0.0320. The summed E-state index contributed by atoms with van der Waals surface area (Å²) >= 11 is 0. The first-order chi connectivity index (χ1) is 6.81. The average molecular weight is 202 g/mol. The first-order valence-electron chi connectivity index (χ1n) is 6.00. The fourth-order valence-corrected chi connectivity index (χ4v) is 1.29. The van der Waals surface area contributed by atoms with Crippen LogP contribution >= 0.6 is 0 Å². The van der Waals surface area contributed by atoms with Gasteiger partial charge < -0.3 is 9.47 Å². The molecule has 0 radical (unpaired) electrons. The van der Waals surface area contributed by atoms with Gasteiger partial charge in [0.1, 0.15) is 0 Å². The Kier molecular flexibility index (Phi) is 10.9. The van der Waals surface area contributed by atoms with E-state index in [4.69, 9.17) is 9.47 Å². The Morgan fingerprint density at radius 2 is 1.79 bits per heavy atom. The molecule has 0 aromatic heterocycles. The van der Waals surface area contributed by atoms with Gasteiger partial charge in [-0.1, -0.05) is 26.2 Å². The molecular weight excluding hydrogens is 176 g/mol. The molecule has 1 unspecified atom stereocenters. The van der Waals surface area contributed by atoms with Crippen molar-refractivity contribution in [1.82, 2.24) is 0 Å². The molecule has 0 fully saturated rings. The smallest absolute Gasteiger partial charge is 0.0568 e. The number of ether oxygens (including phenoxy) is 2. The zero-order valence-electron chi connectivity index (χ0n) is 10.1. The van der Waals surface area contributed by atoms with Gasteiger partial charge in [-0.2, -0.15) is 0 Å². The molecule has 1 atom stereocenters. The van der Waals surface area contributed by atoms with Gasteiger partial charge in [0, 0.05) is 19.8 Å². The van der Waals surface area contributed by atoms with Gasteiger partial charge in [-0.25, -0.2) is 0 Å². The van der Waals surface area contributed by atoms with Crippen LogP contribution in [0.15, 0.2) is 0 Å². The fraction of sp³-hybridized carbons (Fsp3) is 1.00. The molecule has 0 heterocycles. The van der Waals surface area contributed by atoms with Crippen molar-refractivity contribution in [2.45, 2.75) is 59.0 Å². The second-order valence-corrected chi connectivity index (χ2v) is 3.73. The van der Waals surface area contributed by atoms with Crippen molar-refractivity contribution >= 4 is 0 Å². The van der Waals surface area contributed by atoms with Gasteiger partial charge in [-0.15, -0.1) is 0 Å². The highest BCUT2D eigenvalue weighted by Gasteiger charge is 2.00. The van der Waals surface area contributed by atoms with Crippen molar-refractivity contribution < 1.29 is 9.47 Å². The normalized spacial score (nSPS) is 13.1. The lowest BCUT2D eigenvalue weighted by Crippen LogP contribution is -2.12. The van der Waals surface area contributed by atoms with Gasteiger partial charge in [0.2, 0.25) is 0 Å². The summed E-state index contributed by atoms with van der Waals surface area (Å²) in [5.41, 5.74) is 0. The minimum absolute atomic E-state index is 0.350. The number of unbranched alkanes of at least 4 members (excludes halogenated alkanes) is 3. The Morgan fingerprint density at radius 3 is 2.43 bits per heavy atom. The molecule has 0 spiro atoms. The van der Waals surface area contributed by atoms with E-state index >= 15 is 0 Å². The molecule has 0 amide bonds. The van der Waals surface area contributed by atoms with E-state index in [0.29, 0.717) is 6.10 Å². The predicted molar refractivity (Wildman–Crippen MR) is 60.7 cm³/mol. The third-order valence-corrected chi connectivity index (χ3v) is 2.27. The van der Waals surface area contributed by atoms with E-state index in [-0.39, 0.29) is 0 Å². The highest BCUT2D eigenvalue weighted by Crippen LogP contribution is 2.03. The largest absolute Gasteiger partial charge is 0.382 e. The van der Waals surface area contributed by atoms with Crippen molar-refractivity contribution in [3.63, 3.8) is 0 Å². The summed E-state index contributed by atoms with van der Waals surface area (Å²) in [6.07, 6.45) is 6.49. The maximum Gasteiger partial charge on any atom is 0.0568 e. The van der Waals surface area contributed by atoms with Crippen LogP contribution in [-0.2, 0) is 9.47 Å². The van der Waals surface area contributed by atoms with Gasteiger partial charge in [0.15, 0.2) is 0 Å². The predicted octanol–water partition coefficient (Wildman–Crippen LogP) is 3.40. The van der Waals surface area contributed by atoms with Crippen molar-refractivity contribution in [2.75, 3.05) is 19.8 Å². The average Bonchev–Trinajstić information content (AvgIpc) is 2.18. The van der Waals surface area contributed by atoms with E-state index < -0.39 is 0 Å². The summed E-state index contributed by atoms with van der Waals surface area (Å²) < 4.78 is 10.9. The Bertz CT molecular complexity index is 104. The van der Waals surface area contributed by atoms with Crippen LogP contribution in [0.4, 0.5) is 0 Å². The van der Waals surface area contributed by atoms with Crippen molar-refractivity contribution in [3.05, 3.63) is 0 Å². The second-order valence-electron chi connectivity index (χ2n) is 3.73. The maximum atomic E-state index is 5.66. The molecule has 0 aromatic carbocycles. The van der Waals surface area contributed by atoms with Crippen molar-refractivity contribution in [3.8, 4) is 0 Å². The summed E-state index contributed by atoms with van der Waals surface area (Å²) in [7, 11) is 0. The zero-order chi connectivity index (χ0) is 10.6. The number of rotatable bonds is 10. The lowest BCUT2D eigenvalue weighted by atomic mass is 10.2. The molecule has 0 saturated carbocycles. The number of hydrogen-bond acceptors (Lipinski definition) is 2. The molecule has 2 heteroatoms. The molecule has 0 bridgehead atoms. The molecule has 0 aromatic rings. The van der Waals surface area contributed by atoms with Crippen LogP contribution in [0.3, 0.4) is 0 Å². The fourth-order valence-electron chi connectivity index (χ4n) is 1.29. The molecular formula is C12H26O2. The van der Waals surface area contributed by atoms with E-state index in [2.05, 4.69) is 13.8 Å². The lowest BCUT2D eigenvalue weighted by Gasteiger charge is -2.12. The molecule has 14 heavy (non-hydrogen) atoms. The first kappa shape index (κ1) is 13.9. The Labute approximate surface area is 89.0 Å². The van der Waals surface area contributed by atoms with Gasteiger partial charge in [-0.05, 0) is 26.7 Å². The van der Waals surface area contributed by atoms with Crippen LogP contribution in [0, 0.1) is 0 Å². The summed E-state index contributed by atoms with van der Waals surface area (Å²) in [4.78, 5) is 0. The van der Waals surface area contributed by atoms with E-state index in [1.165, 1.54) is 25.7 Å². The van der Waals surface area contributed by atoms with Crippen LogP contribution in [0.2, 0.25) is 0 Å². The minimum Gasteiger partial charge on any atom is -0.382 e. The van der Waals surface area contributed by atoms with Crippen LogP contribution in [-0.4, -0.2) is 25.9 Å². The zero-order valence-corrected chi connectivity index (χ0v) is 10.1. The number of hydrogen-bond donors (Lipinski definition) is 0. The molecule has 0 saturated heterocycles. The molecule has 0 aliphatic heterocycles. The summed E-state index contributed by atoms with van der Waals surface area (Å²) in [5.74, 6) is 0. The maximum absolute atomic E-state index is 5.66. The van der Waals surface area contributed by atoms with Gasteiger partial charge in [0.05, 0.1) is 6.10 Å². The third kappa shape index (κ3) is 10.0. The van der Waals surface area contributed by atoms with Crippen LogP contribution in [0.25, 0.3) is 0 Å². The Morgan fingerprint density at radius 1 is 1.00 bits per heavy atom. The molecule has 86 valence electrons. The van der Waals surface area contributed by atoms with Crippen LogP contribution in [0.5, 0.6) is 0 Å². The van der Waals surface area contributed by atoms with E-state index in [1.54, 1.807) is 0 Å². The van der Waals surface area contributed by atoms with Gasteiger partial charge in [-0.3, -0.25) is 0 Å². The van der Waals surface area contributed by atoms with Crippen LogP contribution < -0.4 is 0 Å². The SMILES string of the molecule is CCCCCCOC(C)CCOCC. The highest BCUT2D eigenvalue weighted by atomic mass is 16.5. The second kappa shape index (κ2) is 11.0. The van der Waals surface area contributed by atoms with E-state index in [1.807, 2.05) is 6.92 Å². The van der Waals surface area contributed by atoms with Crippen LogP contribution in [0.1, 0.15) is 52.9 Å². The molecule has 2 nitrogen and oxygen atoms in total. The standard InChI is InChI=1S/C12H26O2/c1-4-6-7-8-10-14-12(3)9-11-13-5-2/h12H,4-11H2,1-3H3. The van der Waals surface area contributed by atoms with E-state index in [0.717, 1.165) is 26.2 Å². The Hall–Kier alpha value is -0.0800. The van der Waals surface area contributed by atoms with Crippen molar-refractivity contribution in [2.24, 2.45) is 0 Å². The molecule has 0 aliphatic rings. The molecule has 0 aliphatic carbocycles. The van der Waals surface area contributed by atoms with E-state index in [9.17, 15) is 0 Å². The summed E-state index contributed by atoms with van der Waals surface area (Å²) in [6, 6.07) is 0. The third-order valence-electron chi connectivity index (χ3n) is 2.27. The highest BCUT2D eigenvalue weighted by molar-refractivity contribution is 4.49. The van der Waals surface area contributed by atoms with Gasteiger partial charge >= 0.3 is 0 Å². The minimum atomic E-state index is 0.350. The summed E-state index contributed by atoms with van der Waals surface area (Å²) in [5, 5.41) is 0. The van der Waals surface area contributed by atoms with Gasteiger partial charge in [0.25, 0.3) is 0 Å². The quantitative estimate of drug-likeness (QED) is 0.505. The molecule has 0 N–H and O–H groups in total. The topological polar surface area (TPSA) is 18.5 Å². The van der Waals surface area contributed by atoms with Crippen molar-refractivity contribution in [1.29, 1.82) is 0 Å².